The quantitative estimate of drug-likeness (QED) is 0.193. The van der Waals surface area contributed by atoms with Gasteiger partial charge in [0, 0.05) is 45.1 Å². The van der Waals surface area contributed by atoms with Crippen LogP contribution in [-0.4, -0.2) is 51.3 Å². The molecular weight excluding hydrogens is 507 g/mol. The summed E-state index contributed by atoms with van der Waals surface area (Å²) in [5, 5.41) is 9.59. The predicted octanol–water partition coefficient (Wildman–Crippen LogP) is 3.14. The Balaban J connectivity index is 0.00000341. The molecule has 2 aliphatic rings. The zero-order chi connectivity index (χ0) is 21.2. The van der Waals surface area contributed by atoms with E-state index >= 15 is 0 Å². The lowest BCUT2D eigenvalue weighted by Crippen LogP contribution is -2.41. The molecule has 0 spiro atoms. The molecule has 0 aromatic heterocycles. The molecule has 1 heterocycles. The highest BCUT2D eigenvalue weighted by Gasteiger charge is 2.19. The average Bonchev–Trinajstić information content (AvgIpc) is 3.43. The van der Waals surface area contributed by atoms with Crippen LogP contribution in [0.4, 0.5) is 0 Å². The summed E-state index contributed by atoms with van der Waals surface area (Å²) in [4.78, 5) is 16.3. The van der Waals surface area contributed by atoms with Gasteiger partial charge in [0.15, 0.2) is 5.96 Å². The van der Waals surface area contributed by atoms with Crippen LogP contribution in [0.25, 0.3) is 0 Å². The summed E-state index contributed by atoms with van der Waals surface area (Å²) in [5.41, 5.74) is 2.25. The van der Waals surface area contributed by atoms with E-state index in [9.17, 15) is 4.79 Å². The van der Waals surface area contributed by atoms with Gasteiger partial charge in [0.1, 0.15) is 11.9 Å². The zero-order valence-electron chi connectivity index (χ0n) is 18.7. The molecule has 2 fully saturated rings. The highest BCUT2D eigenvalue weighted by molar-refractivity contribution is 14.0. The fraction of sp³-hybridized carbons (Fsp3) is 0.652. The number of aliphatic imine (C=N–C) groups is 1. The van der Waals surface area contributed by atoms with Gasteiger partial charge in [-0.1, -0.05) is 25.0 Å². The second kappa shape index (κ2) is 13.8. The topological polar surface area (TPSA) is 84.0 Å². The van der Waals surface area contributed by atoms with E-state index in [1.54, 1.807) is 7.05 Å². The fourth-order valence-electron chi connectivity index (χ4n) is 4.03. The molecular formula is C23H37IN4O3. The van der Waals surface area contributed by atoms with Crippen molar-refractivity contribution in [2.75, 3.05) is 33.4 Å². The summed E-state index contributed by atoms with van der Waals surface area (Å²) in [7, 11) is 1.75. The fourth-order valence-corrected chi connectivity index (χ4v) is 4.03. The lowest BCUT2D eigenvalue weighted by atomic mass is 10.0. The second-order valence-electron chi connectivity index (χ2n) is 8.27. The van der Waals surface area contributed by atoms with Crippen molar-refractivity contribution >= 4 is 35.8 Å². The number of benzene rings is 1. The summed E-state index contributed by atoms with van der Waals surface area (Å²) in [5.74, 6) is 2.33. The molecule has 1 unspecified atom stereocenters. The van der Waals surface area contributed by atoms with Crippen molar-refractivity contribution in [2.45, 2.75) is 58.1 Å². The molecule has 1 atom stereocenters. The molecule has 1 amide bonds. The Morgan fingerprint density at radius 1 is 1.16 bits per heavy atom. The Hall–Kier alpha value is -1.55. The molecule has 174 valence electrons. The molecule has 31 heavy (non-hydrogen) atoms. The SMILES string of the molecule is CN=C(NCCNC(=O)CC1CCCC1)NCc1ccc(C)cc1OC1CCOC1.I. The van der Waals surface area contributed by atoms with Crippen LogP contribution in [0.3, 0.4) is 0 Å². The van der Waals surface area contributed by atoms with Crippen LogP contribution in [-0.2, 0) is 16.1 Å². The summed E-state index contributed by atoms with van der Waals surface area (Å²) in [6.07, 6.45) is 6.64. The molecule has 1 saturated carbocycles. The largest absolute Gasteiger partial charge is 0.488 e. The van der Waals surface area contributed by atoms with Gasteiger partial charge in [-0.05, 0) is 37.3 Å². The Kier molecular flexibility index (Phi) is 11.4. The van der Waals surface area contributed by atoms with Gasteiger partial charge in [0.05, 0.1) is 13.2 Å². The number of rotatable bonds is 9. The van der Waals surface area contributed by atoms with E-state index in [2.05, 4.69) is 46.1 Å². The summed E-state index contributed by atoms with van der Waals surface area (Å²) in [6.45, 7) is 5.31. The maximum atomic E-state index is 12.0. The van der Waals surface area contributed by atoms with Gasteiger partial charge in [-0.25, -0.2) is 0 Å². The van der Waals surface area contributed by atoms with Crippen LogP contribution >= 0.6 is 24.0 Å². The summed E-state index contributed by atoms with van der Waals surface area (Å²) < 4.78 is 11.6. The molecule has 1 aliphatic heterocycles. The normalized spacial score (nSPS) is 19.0. The van der Waals surface area contributed by atoms with Gasteiger partial charge >= 0.3 is 0 Å². The number of nitrogens with zero attached hydrogens (tertiary/aromatic N) is 1. The number of carbonyl (C=O) groups is 1. The van der Waals surface area contributed by atoms with Crippen molar-refractivity contribution in [2.24, 2.45) is 10.9 Å². The van der Waals surface area contributed by atoms with Crippen molar-refractivity contribution < 1.29 is 14.3 Å². The average molecular weight is 544 g/mol. The molecule has 7 nitrogen and oxygen atoms in total. The van der Waals surface area contributed by atoms with Gasteiger partial charge in [0.25, 0.3) is 0 Å². The first-order chi connectivity index (χ1) is 14.6. The lowest BCUT2D eigenvalue weighted by Gasteiger charge is -2.18. The number of ether oxygens (including phenoxy) is 2. The minimum atomic E-state index is 0. The molecule has 3 N–H and O–H groups in total. The molecule has 1 saturated heterocycles. The smallest absolute Gasteiger partial charge is 0.220 e. The van der Waals surface area contributed by atoms with E-state index in [-0.39, 0.29) is 36.0 Å². The van der Waals surface area contributed by atoms with Gasteiger partial charge < -0.3 is 25.4 Å². The zero-order valence-corrected chi connectivity index (χ0v) is 21.1. The van der Waals surface area contributed by atoms with Crippen LogP contribution in [0.15, 0.2) is 23.2 Å². The highest BCUT2D eigenvalue weighted by Crippen LogP contribution is 2.27. The first kappa shape index (κ1) is 25.7. The third-order valence-corrected chi connectivity index (χ3v) is 5.76. The number of aryl methyl sites for hydroxylation is 1. The minimum absolute atomic E-state index is 0. The van der Waals surface area contributed by atoms with E-state index < -0.39 is 0 Å². The minimum Gasteiger partial charge on any atom is -0.488 e. The maximum Gasteiger partial charge on any atom is 0.220 e. The molecule has 8 heteroatoms. The van der Waals surface area contributed by atoms with Crippen LogP contribution in [0.2, 0.25) is 0 Å². The van der Waals surface area contributed by atoms with Crippen molar-refractivity contribution in [1.82, 2.24) is 16.0 Å². The number of hydrogen-bond donors (Lipinski definition) is 3. The highest BCUT2D eigenvalue weighted by atomic mass is 127. The maximum absolute atomic E-state index is 12.0. The van der Waals surface area contributed by atoms with Crippen LogP contribution < -0.4 is 20.7 Å². The lowest BCUT2D eigenvalue weighted by molar-refractivity contribution is -0.121. The molecule has 3 rings (SSSR count). The number of halogens is 1. The Labute approximate surface area is 203 Å². The standard InChI is InChI=1S/C23H36N4O3.HI/c1-17-7-8-19(21(13-17)30-20-9-12-29-16-20)15-27-23(24-2)26-11-10-25-22(28)14-18-5-3-4-6-18;/h7-8,13,18,20H,3-6,9-12,14-16H2,1-2H3,(H,25,28)(H2,24,26,27);1H. The van der Waals surface area contributed by atoms with Crippen molar-refractivity contribution in [1.29, 1.82) is 0 Å². The predicted molar refractivity (Wildman–Crippen MR) is 134 cm³/mol. The van der Waals surface area contributed by atoms with Gasteiger partial charge in [0.2, 0.25) is 5.91 Å². The van der Waals surface area contributed by atoms with E-state index in [1.165, 1.54) is 31.2 Å². The third kappa shape index (κ3) is 8.84. The first-order valence-corrected chi connectivity index (χ1v) is 11.2. The van der Waals surface area contributed by atoms with E-state index in [1.807, 2.05) is 0 Å². The number of hydrogen-bond acceptors (Lipinski definition) is 4. The number of nitrogens with one attached hydrogen (secondary N) is 3. The van der Waals surface area contributed by atoms with Crippen LogP contribution in [0, 0.1) is 12.8 Å². The second-order valence-corrected chi connectivity index (χ2v) is 8.27. The Morgan fingerprint density at radius 3 is 2.65 bits per heavy atom. The van der Waals surface area contributed by atoms with Crippen LogP contribution in [0.1, 0.15) is 49.7 Å². The van der Waals surface area contributed by atoms with Crippen LogP contribution in [0.5, 0.6) is 5.75 Å². The summed E-state index contributed by atoms with van der Waals surface area (Å²) >= 11 is 0. The Bertz CT molecular complexity index is 717. The van der Waals surface area contributed by atoms with Gasteiger partial charge in [-0.2, -0.15) is 0 Å². The van der Waals surface area contributed by atoms with E-state index in [0.717, 1.165) is 24.3 Å². The van der Waals surface area contributed by atoms with E-state index in [0.29, 0.717) is 44.5 Å². The van der Waals surface area contributed by atoms with E-state index in [4.69, 9.17) is 9.47 Å². The molecule has 0 bridgehead atoms. The van der Waals surface area contributed by atoms with Crippen molar-refractivity contribution in [3.63, 3.8) is 0 Å². The molecule has 1 aromatic carbocycles. The Morgan fingerprint density at radius 2 is 1.94 bits per heavy atom. The molecule has 0 radical (unpaired) electrons. The molecule has 1 aliphatic carbocycles. The monoisotopic (exact) mass is 544 g/mol. The number of carbonyl (C=O) groups excluding carboxylic acids is 1. The first-order valence-electron chi connectivity index (χ1n) is 11.2. The number of amides is 1. The van der Waals surface area contributed by atoms with Gasteiger partial charge in [-0.3, -0.25) is 9.79 Å². The van der Waals surface area contributed by atoms with Crippen molar-refractivity contribution in [3.8, 4) is 5.75 Å². The van der Waals surface area contributed by atoms with Gasteiger partial charge in [-0.15, -0.1) is 24.0 Å². The molecule has 1 aromatic rings. The van der Waals surface area contributed by atoms with Crippen molar-refractivity contribution in [3.05, 3.63) is 29.3 Å². The summed E-state index contributed by atoms with van der Waals surface area (Å²) in [6, 6.07) is 6.25. The third-order valence-electron chi connectivity index (χ3n) is 5.76. The number of guanidine groups is 1.